The largest absolute Gasteiger partial charge is 0.286 e. The number of rotatable bonds is 7. The Balaban J connectivity index is 3.12. The Hall–Kier alpha value is 0.610. The molecule has 0 bridgehead atoms. The molecule has 3 nitrogen and oxygen atoms in total. The molecule has 0 spiro atoms. The summed E-state index contributed by atoms with van der Waals surface area (Å²) in [6.07, 6.45) is 1.57. The van der Waals surface area contributed by atoms with Gasteiger partial charge in [-0.3, -0.25) is 4.55 Å². The van der Waals surface area contributed by atoms with Gasteiger partial charge >= 0.3 is 0 Å². The molecule has 0 amide bonds. The second-order valence-corrected chi connectivity index (χ2v) is 5.57. The fourth-order valence-electron chi connectivity index (χ4n) is 0.612. The minimum Gasteiger partial charge on any atom is -0.286 e. The third kappa shape index (κ3) is 10.6. The highest BCUT2D eigenvalue weighted by Gasteiger charge is 2.02. The van der Waals surface area contributed by atoms with Crippen molar-refractivity contribution in [2.75, 3.05) is 23.0 Å². The maximum atomic E-state index is 10.3. The van der Waals surface area contributed by atoms with Gasteiger partial charge in [-0.05, 0) is 30.1 Å². The number of hydrogen-bond acceptors (Lipinski definition) is 4. The second kappa shape index (κ2) is 7.06. The molecule has 0 aromatic rings. The monoisotopic (exact) mass is 230 g/mol. The van der Waals surface area contributed by atoms with Crippen LogP contribution >= 0.6 is 24.4 Å². The van der Waals surface area contributed by atoms with E-state index in [9.17, 15) is 8.42 Å². The molecule has 0 aliphatic carbocycles. The van der Waals surface area contributed by atoms with Gasteiger partial charge < -0.3 is 0 Å². The van der Waals surface area contributed by atoms with Crippen LogP contribution in [0.4, 0.5) is 0 Å². The second-order valence-electron chi connectivity index (χ2n) is 2.33. The lowest BCUT2D eigenvalue weighted by molar-refractivity contribution is 0.482. The molecule has 6 heteroatoms. The SMILES string of the molecule is O=S(=O)(O)CCCSCCCS. The summed E-state index contributed by atoms with van der Waals surface area (Å²) in [6.45, 7) is 0. The van der Waals surface area contributed by atoms with Crippen molar-refractivity contribution in [3.63, 3.8) is 0 Å². The zero-order valence-corrected chi connectivity index (χ0v) is 9.30. The zero-order chi connectivity index (χ0) is 9.45. The molecular formula is C6H14O3S3. The van der Waals surface area contributed by atoms with Crippen LogP contribution in [-0.2, 0) is 10.1 Å². The smallest absolute Gasteiger partial charge is 0.264 e. The van der Waals surface area contributed by atoms with E-state index >= 15 is 0 Å². The van der Waals surface area contributed by atoms with E-state index in [2.05, 4.69) is 12.6 Å². The average Bonchev–Trinajstić information content (AvgIpc) is 1.94. The van der Waals surface area contributed by atoms with Crippen LogP contribution in [0, 0.1) is 0 Å². The number of thioether (sulfide) groups is 1. The summed E-state index contributed by atoms with van der Waals surface area (Å²) < 4.78 is 28.9. The van der Waals surface area contributed by atoms with E-state index in [4.69, 9.17) is 4.55 Å². The molecule has 1 N–H and O–H groups in total. The van der Waals surface area contributed by atoms with Crippen LogP contribution in [0.5, 0.6) is 0 Å². The molecule has 0 unspecified atom stereocenters. The maximum Gasteiger partial charge on any atom is 0.264 e. The summed E-state index contributed by atoms with van der Waals surface area (Å²) in [4.78, 5) is 0. The summed E-state index contributed by atoms with van der Waals surface area (Å²) >= 11 is 5.74. The van der Waals surface area contributed by atoms with E-state index in [1.807, 2.05) is 0 Å². The molecule has 0 fully saturated rings. The van der Waals surface area contributed by atoms with E-state index in [0.717, 1.165) is 23.7 Å². The van der Waals surface area contributed by atoms with Crippen LogP contribution in [0.1, 0.15) is 12.8 Å². The first-order valence-corrected chi connectivity index (χ1v) is 7.09. The molecule has 0 saturated carbocycles. The van der Waals surface area contributed by atoms with Crippen molar-refractivity contribution in [2.45, 2.75) is 12.8 Å². The Morgan fingerprint density at radius 2 is 1.83 bits per heavy atom. The van der Waals surface area contributed by atoms with Crippen LogP contribution in [-0.4, -0.2) is 36.0 Å². The van der Waals surface area contributed by atoms with Gasteiger partial charge in [0.15, 0.2) is 0 Å². The van der Waals surface area contributed by atoms with Crippen molar-refractivity contribution in [2.24, 2.45) is 0 Å². The van der Waals surface area contributed by atoms with Gasteiger partial charge in [-0.2, -0.15) is 32.8 Å². The first kappa shape index (κ1) is 12.6. The molecule has 0 atom stereocenters. The highest BCUT2D eigenvalue weighted by Crippen LogP contribution is 2.05. The lowest BCUT2D eigenvalue weighted by Gasteiger charge is -1.98. The van der Waals surface area contributed by atoms with Gasteiger partial charge in [0.1, 0.15) is 0 Å². The highest BCUT2D eigenvalue weighted by molar-refractivity contribution is 7.99. The summed E-state index contributed by atoms with van der Waals surface area (Å²) in [7, 11) is -3.75. The predicted molar refractivity (Wildman–Crippen MR) is 56.8 cm³/mol. The van der Waals surface area contributed by atoms with Crippen LogP contribution in [0.15, 0.2) is 0 Å². The predicted octanol–water partition coefficient (Wildman–Crippen LogP) is 1.32. The molecule has 12 heavy (non-hydrogen) atoms. The first-order chi connectivity index (χ1) is 5.56. The van der Waals surface area contributed by atoms with E-state index < -0.39 is 10.1 Å². The Morgan fingerprint density at radius 3 is 2.33 bits per heavy atom. The molecule has 0 aromatic carbocycles. The van der Waals surface area contributed by atoms with Gasteiger partial charge in [-0.25, -0.2) is 0 Å². The molecule has 0 aliphatic rings. The molecule has 0 heterocycles. The van der Waals surface area contributed by atoms with Gasteiger partial charge in [0.05, 0.1) is 5.75 Å². The molecule has 0 aromatic heterocycles. The van der Waals surface area contributed by atoms with E-state index in [1.54, 1.807) is 11.8 Å². The van der Waals surface area contributed by atoms with E-state index in [0.29, 0.717) is 6.42 Å². The van der Waals surface area contributed by atoms with Crippen molar-refractivity contribution < 1.29 is 13.0 Å². The normalized spacial score (nSPS) is 11.8. The lowest BCUT2D eigenvalue weighted by atomic mass is 10.6. The highest BCUT2D eigenvalue weighted by atomic mass is 32.2. The van der Waals surface area contributed by atoms with Crippen LogP contribution < -0.4 is 0 Å². The minimum absolute atomic E-state index is 0.124. The number of hydrogen-bond donors (Lipinski definition) is 2. The first-order valence-electron chi connectivity index (χ1n) is 3.70. The summed E-state index contributed by atoms with van der Waals surface area (Å²) in [5.41, 5.74) is 0. The molecular weight excluding hydrogens is 216 g/mol. The maximum absolute atomic E-state index is 10.3. The van der Waals surface area contributed by atoms with Crippen molar-refractivity contribution in [3.05, 3.63) is 0 Å². The van der Waals surface area contributed by atoms with Gasteiger partial charge in [0, 0.05) is 0 Å². The van der Waals surface area contributed by atoms with Crippen molar-refractivity contribution in [1.82, 2.24) is 0 Å². The van der Waals surface area contributed by atoms with E-state index in [-0.39, 0.29) is 5.75 Å². The zero-order valence-electron chi connectivity index (χ0n) is 6.77. The third-order valence-corrected chi connectivity index (χ3v) is 3.41. The molecule has 0 rings (SSSR count). The molecule has 0 aliphatic heterocycles. The molecule has 0 radical (unpaired) electrons. The number of thiol groups is 1. The summed E-state index contributed by atoms with van der Waals surface area (Å²) in [5, 5.41) is 0. The summed E-state index contributed by atoms with van der Waals surface area (Å²) in [6, 6.07) is 0. The molecule has 0 saturated heterocycles. The fraction of sp³-hybridized carbons (Fsp3) is 1.00. The molecule has 74 valence electrons. The van der Waals surface area contributed by atoms with Crippen LogP contribution in [0.3, 0.4) is 0 Å². The Kier molecular flexibility index (Phi) is 7.41. The average molecular weight is 230 g/mol. The Bertz CT molecular complexity index is 188. The van der Waals surface area contributed by atoms with Gasteiger partial charge in [0.25, 0.3) is 10.1 Å². The van der Waals surface area contributed by atoms with Gasteiger partial charge in [-0.1, -0.05) is 0 Å². The van der Waals surface area contributed by atoms with Gasteiger partial charge in [0.2, 0.25) is 0 Å². The van der Waals surface area contributed by atoms with Crippen LogP contribution in [0.2, 0.25) is 0 Å². The fourth-order valence-corrected chi connectivity index (χ4v) is 2.58. The van der Waals surface area contributed by atoms with E-state index in [1.165, 1.54) is 0 Å². The Labute approximate surface area is 83.5 Å². The van der Waals surface area contributed by atoms with Gasteiger partial charge in [-0.15, -0.1) is 0 Å². The van der Waals surface area contributed by atoms with Crippen molar-refractivity contribution in [1.29, 1.82) is 0 Å². The topological polar surface area (TPSA) is 54.4 Å². The minimum atomic E-state index is -3.75. The van der Waals surface area contributed by atoms with Crippen molar-refractivity contribution in [3.8, 4) is 0 Å². The standard InChI is InChI=1S/C6H14O3S3/c7-12(8,9)6-2-5-11-4-1-3-10/h10H,1-6H2,(H,7,8,9). The van der Waals surface area contributed by atoms with Crippen LogP contribution in [0.25, 0.3) is 0 Å². The van der Waals surface area contributed by atoms with Crippen molar-refractivity contribution >= 4 is 34.5 Å². The summed E-state index contributed by atoms with van der Waals surface area (Å²) in [5.74, 6) is 2.54. The lowest BCUT2D eigenvalue weighted by Crippen LogP contribution is -2.04. The third-order valence-electron chi connectivity index (χ3n) is 1.14. The Morgan fingerprint density at radius 1 is 1.25 bits per heavy atom. The quantitative estimate of drug-likeness (QED) is 0.393.